The molecule has 4 nitrogen and oxygen atoms in total. The van der Waals surface area contributed by atoms with Crippen LogP contribution in [0.3, 0.4) is 0 Å². The fourth-order valence-corrected chi connectivity index (χ4v) is 3.38. The minimum absolute atomic E-state index is 0.301. The summed E-state index contributed by atoms with van der Waals surface area (Å²) in [5, 5.41) is 0.727. The van der Waals surface area contributed by atoms with Crippen molar-refractivity contribution in [2.24, 2.45) is 5.73 Å². The van der Waals surface area contributed by atoms with Gasteiger partial charge in [0.05, 0.1) is 0 Å². The van der Waals surface area contributed by atoms with E-state index in [-0.39, 0.29) is 0 Å². The van der Waals surface area contributed by atoms with Gasteiger partial charge in [0.1, 0.15) is 0 Å². The van der Waals surface area contributed by atoms with Gasteiger partial charge in [0.25, 0.3) is 0 Å². The van der Waals surface area contributed by atoms with Crippen molar-refractivity contribution in [1.82, 2.24) is 4.90 Å². The maximum Gasteiger partial charge on any atom is 0.223 e. The number of rotatable bonds is 2. The van der Waals surface area contributed by atoms with E-state index in [1.54, 1.807) is 0 Å². The third kappa shape index (κ3) is 2.19. The number of amides is 1. The fourth-order valence-electron chi connectivity index (χ4n) is 3.13. The number of carbonyl (C=O) groups excluding carboxylic acids is 1. The summed E-state index contributed by atoms with van der Waals surface area (Å²) >= 11 is 6.21. The molecule has 0 spiro atoms. The Balaban J connectivity index is 1.84. The van der Waals surface area contributed by atoms with Gasteiger partial charge in [-0.15, -0.1) is 0 Å². The highest BCUT2D eigenvalue weighted by molar-refractivity contribution is 6.31. The minimum Gasteiger partial charge on any atom is -0.367 e. The average molecular weight is 280 g/mol. The van der Waals surface area contributed by atoms with Crippen LogP contribution in [0.1, 0.15) is 18.4 Å². The van der Waals surface area contributed by atoms with Crippen molar-refractivity contribution >= 4 is 23.2 Å². The topological polar surface area (TPSA) is 49.6 Å². The summed E-state index contributed by atoms with van der Waals surface area (Å²) in [6.45, 7) is 2.99. The first kappa shape index (κ1) is 12.8. The summed E-state index contributed by atoms with van der Waals surface area (Å²) in [6.07, 6.45) is 1.66. The summed E-state index contributed by atoms with van der Waals surface area (Å²) in [5.41, 5.74) is 7.93. The molecule has 2 heterocycles. The Morgan fingerprint density at radius 2 is 2.21 bits per heavy atom. The molecule has 2 aliphatic heterocycles. The Morgan fingerprint density at radius 3 is 3.00 bits per heavy atom. The highest BCUT2D eigenvalue weighted by Crippen LogP contribution is 2.31. The molecule has 1 atom stereocenters. The Hall–Kier alpha value is -1.26. The Bertz CT molecular complexity index is 505. The van der Waals surface area contributed by atoms with Crippen molar-refractivity contribution in [1.29, 1.82) is 0 Å². The number of anilines is 1. The van der Waals surface area contributed by atoms with Crippen molar-refractivity contribution < 1.29 is 4.79 Å². The number of benzene rings is 1. The largest absolute Gasteiger partial charge is 0.367 e. The van der Waals surface area contributed by atoms with E-state index in [2.05, 4.69) is 11.0 Å². The van der Waals surface area contributed by atoms with Crippen LogP contribution in [0.5, 0.6) is 0 Å². The smallest absolute Gasteiger partial charge is 0.223 e. The number of carbonyl (C=O) groups is 1. The third-order valence-electron chi connectivity index (χ3n) is 4.13. The molecule has 2 N–H and O–H groups in total. The van der Waals surface area contributed by atoms with Gasteiger partial charge in [-0.05, 0) is 18.6 Å². The van der Waals surface area contributed by atoms with Gasteiger partial charge in [-0.2, -0.15) is 0 Å². The lowest BCUT2D eigenvalue weighted by atomic mass is 10.1. The van der Waals surface area contributed by atoms with Crippen molar-refractivity contribution in [3.63, 3.8) is 0 Å². The van der Waals surface area contributed by atoms with E-state index in [9.17, 15) is 4.79 Å². The second-order valence-electron chi connectivity index (χ2n) is 5.17. The number of fused-ring (bicyclic) bond motifs is 1. The first-order valence-electron chi connectivity index (χ1n) is 6.72. The molecule has 2 fully saturated rings. The summed E-state index contributed by atoms with van der Waals surface area (Å²) < 4.78 is 0. The summed E-state index contributed by atoms with van der Waals surface area (Å²) in [5.74, 6) is 0.301. The normalized spacial score (nSPS) is 22.8. The zero-order valence-corrected chi connectivity index (χ0v) is 11.6. The van der Waals surface area contributed by atoms with Gasteiger partial charge in [-0.25, -0.2) is 0 Å². The van der Waals surface area contributed by atoms with Crippen LogP contribution in [0.4, 0.5) is 5.69 Å². The van der Waals surface area contributed by atoms with Gasteiger partial charge in [0, 0.05) is 54.9 Å². The number of nitrogens with two attached hydrogens (primary N) is 1. The van der Waals surface area contributed by atoms with E-state index in [4.69, 9.17) is 17.3 Å². The first-order valence-corrected chi connectivity index (χ1v) is 7.10. The van der Waals surface area contributed by atoms with Crippen LogP contribution < -0.4 is 10.6 Å². The van der Waals surface area contributed by atoms with Crippen LogP contribution >= 0.6 is 11.6 Å². The van der Waals surface area contributed by atoms with E-state index >= 15 is 0 Å². The van der Waals surface area contributed by atoms with Crippen molar-refractivity contribution in [3.8, 4) is 0 Å². The molecule has 2 saturated heterocycles. The van der Waals surface area contributed by atoms with Gasteiger partial charge in [0.2, 0.25) is 5.91 Å². The molecule has 0 aromatic heterocycles. The Kier molecular flexibility index (Phi) is 3.37. The van der Waals surface area contributed by atoms with E-state index in [1.165, 1.54) is 0 Å². The SMILES string of the molecule is NCc1c(Cl)cccc1N1CCN2C(=O)CCC2C1. The lowest BCUT2D eigenvalue weighted by Crippen LogP contribution is -2.51. The molecular weight excluding hydrogens is 262 g/mol. The molecule has 2 aliphatic rings. The van der Waals surface area contributed by atoms with Gasteiger partial charge >= 0.3 is 0 Å². The van der Waals surface area contributed by atoms with E-state index in [0.717, 1.165) is 42.3 Å². The second kappa shape index (κ2) is 5.02. The molecule has 3 rings (SSSR count). The molecular formula is C14H18ClN3O. The van der Waals surface area contributed by atoms with Gasteiger partial charge < -0.3 is 15.5 Å². The number of hydrogen-bond donors (Lipinski definition) is 1. The van der Waals surface area contributed by atoms with Crippen LogP contribution in [0.15, 0.2) is 18.2 Å². The Labute approximate surface area is 118 Å². The number of halogens is 1. The standard InChI is InChI=1S/C14H18ClN3O/c15-12-2-1-3-13(11(12)8-16)17-6-7-18-10(9-17)4-5-14(18)19/h1-3,10H,4-9,16H2. The highest BCUT2D eigenvalue weighted by Gasteiger charge is 2.35. The van der Waals surface area contributed by atoms with Gasteiger partial charge in [0.15, 0.2) is 0 Å². The maximum atomic E-state index is 11.7. The molecule has 0 bridgehead atoms. The van der Waals surface area contributed by atoms with E-state index in [0.29, 0.717) is 24.9 Å². The van der Waals surface area contributed by atoms with Crippen LogP contribution in [0.2, 0.25) is 5.02 Å². The molecule has 0 aliphatic carbocycles. The maximum absolute atomic E-state index is 11.7. The summed E-state index contributed by atoms with van der Waals surface area (Å²) in [7, 11) is 0. The number of hydrogen-bond acceptors (Lipinski definition) is 3. The quantitative estimate of drug-likeness (QED) is 0.895. The second-order valence-corrected chi connectivity index (χ2v) is 5.57. The zero-order chi connectivity index (χ0) is 13.4. The third-order valence-corrected chi connectivity index (χ3v) is 4.49. The van der Waals surface area contributed by atoms with Crippen LogP contribution in [0, 0.1) is 0 Å². The monoisotopic (exact) mass is 279 g/mol. The van der Waals surface area contributed by atoms with Crippen molar-refractivity contribution in [3.05, 3.63) is 28.8 Å². The molecule has 1 amide bonds. The zero-order valence-electron chi connectivity index (χ0n) is 10.8. The van der Waals surface area contributed by atoms with Crippen molar-refractivity contribution in [2.75, 3.05) is 24.5 Å². The Morgan fingerprint density at radius 1 is 1.37 bits per heavy atom. The van der Waals surface area contributed by atoms with E-state index in [1.807, 2.05) is 17.0 Å². The van der Waals surface area contributed by atoms with E-state index < -0.39 is 0 Å². The lowest BCUT2D eigenvalue weighted by Gasteiger charge is -2.39. The molecule has 102 valence electrons. The van der Waals surface area contributed by atoms with Crippen LogP contribution in [-0.2, 0) is 11.3 Å². The van der Waals surface area contributed by atoms with Gasteiger partial charge in [-0.1, -0.05) is 17.7 Å². The van der Waals surface area contributed by atoms with Crippen LogP contribution in [-0.4, -0.2) is 36.5 Å². The molecule has 1 aromatic rings. The summed E-state index contributed by atoms with van der Waals surface area (Å²) in [4.78, 5) is 16.0. The average Bonchev–Trinajstić information content (AvgIpc) is 2.79. The lowest BCUT2D eigenvalue weighted by molar-refractivity contribution is -0.129. The predicted molar refractivity (Wildman–Crippen MR) is 76.3 cm³/mol. The number of piperazine rings is 1. The molecule has 19 heavy (non-hydrogen) atoms. The molecule has 1 unspecified atom stereocenters. The molecule has 5 heteroatoms. The highest BCUT2D eigenvalue weighted by atomic mass is 35.5. The predicted octanol–water partition coefficient (Wildman–Crippen LogP) is 1.61. The molecule has 0 saturated carbocycles. The first-order chi connectivity index (χ1) is 9.20. The fraction of sp³-hybridized carbons (Fsp3) is 0.500. The minimum atomic E-state index is 0.301. The molecule has 0 radical (unpaired) electrons. The number of nitrogens with zero attached hydrogens (tertiary/aromatic N) is 2. The van der Waals surface area contributed by atoms with Gasteiger partial charge in [-0.3, -0.25) is 4.79 Å². The molecule has 1 aromatic carbocycles. The van der Waals surface area contributed by atoms with Crippen molar-refractivity contribution in [2.45, 2.75) is 25.4 Å². The summed E-state index contributed by atoms with van der Waals surface area (Å²) in [6, 6.07) is 6.26. The van der Waals surface area contributed by atoms with Crippen LogP contribution in [0.25, 0.3) is 0 Å².